The summed E-state index contributed by atoms with van der Waals surface area (Å²) in [5.41, 5.74) is 1.06. The quantitative estimate of drug-likeness (QED) is 0.615. The van der Waals surface area contributed by atoms with Crippen LogP contribution in [0, 0.1) is 0 Å². The minimum Gasteiger partial charge on any atom is -0.497 e. The molecular formula is C15H21ClN6O. The van der Waals surface area contributed by atoms with Gasteiger partial charge in [-0.15, -0.1) is 0 Å². The lowest BCUT2D eigenvalue weighted by Gasteiger charge is -2.12. The van der Waals surface area contributed by atoms with Crippen molar-refractivity contribution in [2.75, 3.05) is 20.7 Å². The van der Waals surface area contributed by atoms with E-state index >= 15 is 0 Å². The third-order valence-corrected chi connectivity index (χ3v) is 3.74. The Bertz CT molecular complexity index is 670. The van der Waals surface area contributed by atoms with Gasteiger partial charge < -0.3 is 15.4 Å². The summed E-state index contributed by atoms with van der Waals surface area (Å²) in [6, 6.07) is 5.69. The lowest BCUT2D eigenvalue weighted by atomic mass is 10.1. The number of halogens is 1. The fourth-order valence-corrected chi connectivity index (χ4v) is 2.30. The Balaban J connectivity index is 1.81. The maximum atomic E-state index is 6.23. The van der Waals surface area contributed by atoms with Crippen molar-refractivity contribution < 1.29 is 4.74 Å². The van der Waals surface area contributed by atoms with Crippen LogP contribution in [0.3, 0.4) is 0 Å². The molecule has 0 spiro atoms. The van der Waals surface area contributed by atoms with Crippen LogP contribution >= 0.6 is 11.6 Å². The van der Waals surface area contributed by atoms with Crippen molar-refractivity contribution in [3.05, 3.63) is 40.9 Å². The molecule has 1 heterocycles. The predicted molar refractivity (Wildman–Crippen MR) is 90.9 cm³/mol. The minimum absolute atomic E-state index is 0.555. The van der Waals surface area contributed by atoms with Crippen LogP contribution in [-0.4, -0.2) is 41.4 Å². The van der Waals surface area contributed by atoms with Gasteiger partial charge in [0, 0.05) is 25.7 Å². The van der Waals surface area contributed by atoms with E-state index in [0.717, 1.165) is 23.6 Å². The van der Waals surface area contributed by atoms with Gasteiger partial charge in [-0.25, -0.2) is 4.98 Å². The zero-order valence-electron chi connectivity index (χ0n) is 13.5. The van der Waals surface area contributed by atoms with E-state index in [1.807, 2.05) is 25.2 Å². The first kappa shape index (κ1) is 17.1. The fourth-order valence-electron chi connectivity index (χ4n) is 2.04. The van der Waals surface area contributed by atoms with Gasteiger partial charge in [0.1, 0.15) is 17.9 Å². The first-order valence-electron chi connectivity index (χ1n) is 7.24. The summed E-state index contributed by atoms with van der Waals surface area (Å²) in [7, 11) is 5.21. The van der Waals surface area contributed by atoms with Gasteiger partial charge in [0.2, 0.25) is 0 Å². The van der Waals surface area contributed by atoms with E-state index < -0.39 is 0 Å². The van der Waals surface area contributed by atoms with Crippen LogP contribution in [-0.2, 0) is 20.0 Å². The molecule has 0 unspecified atom stereocenters. The number of methoxy groups -OCH3 is 1. The molecule has 23 heavy (non-hydrogen) atoms. The van der Waals surface area contributed by atoms with E-state index in [-0.39, 0.29) is 0 Å². The third-order valence-electron chi connectivity index (χ3n) is 3.39. The fraction of sp³-hybridized carbons (Fsp3) is 0.400. The van der Waals surface area contributed by atoms with Gasteiger partial charge in [-0.2, -0.15) is 5.10 Å². The summed E-state index contributed by atoms with van der Waals surface area (Å²) in [6.07, 6.45) is 2.31. The topological polar surface area (TPSA) is 76.4 Å². The molecule has 8 heteroatoms. The van der Waals surface area contributed by atoms with Gasteiger partial charge in [0.25, 0.3) is 0 Å². The molecule has 7 nitrogen and oxygen atoms in total. The molecular weight excluding hydrogens is 316 g/mol. The van der Waals surface area contributed by atoms with Crippen LogP contribution in [0.1, 0.15) is 11.4 Å². The molecule has 2 N–H and O–H groups in total. The van der Waals surface area contributed by atoms with Crippen molar-refractivity contribution in [1.29, 1.82) is 0 Å². The number of aliphatic imine (C=N–C) groups is 1. The molecule has 0 aliphatic heterocycles. The summed E-state index contributed by atoms with van der Waals surface area (Å²) in [5, 5.41) is 11.2. The lowest BCUT2D eigenvalue weighted by Crippen LogP contribution is -2.38. The smallest absolute Gasteiger partial charge is 0.191 e. The number of rotatable bonds is 6. The second-order valence-electron chi connectivity index (χ2n) is 4.86. The normalized spacial score (nSPS) is 11.4. The third kappa shape index (κ3) is 4.85. The van der Waals surface area contributed by atoms with Crippen LogP contribution in [0.15, 0.2) is 29.5 Å². The van der Waals surface area contributed by atoms with E-state index in [4.69, 9.17) is 16.3 Å². The number of guanidine groups is 1. The Kier molecular flexibility index (Phi) is 6.22. The highest BCUT2D eigenvalue weighted by Crippen LogP contribution is 2.22. The van der Waals surface area contributed by atoms with Gasteiger partial charge in [0.05, 0.1) is 13.7 Å². The predicted octanol–water partition coefficient (Wildman–Crippen LogP) is 1.38. The number of benzene rings is 1. The molecule has 124 valence electrons. The maximum absolute atomic E-state index is 6.23. The number of hydrogen-bond donors (Lipinski definition) is 2. The molecule has 0 fully saturated rings. The van der Waals surface area contributed by atoms with E-state index in [1.165, 1.54) is 6.33 Å². The number of aryl methyl sites for hydroxylation is 1. The van der Waals surface area contributed by atoms with Crippen molar-refractivity contribution in [2.24, 2.45) is 12.0 Å². The Morgan fingerprint density at radius 1 is 1.39 bits per heavy atom. The van der Waals surface area contributed by atoms with Crippen molar-refractivity contribution in [1.82, 2.24) is 25.4 Å². The molecule has 0 aliphatic rings. The average Bonchev–Trinajstić information content (AvgIpc) is 2.97. The lowest BCUT2D eigenvalue weighted by molar-refractivity contribution is 0.414. The first-order valence-corrected chi connectivity index (χ1v) is 7.61. The zero-order valence-corrected chi connectivity index (χ0v) is 14.3. The monoisotopic (exact) mass is 336 g/mol. The SMILES string of the molecule is CN=C(NCCc1ccc(OC)cc1Cl)NCc1ncnn1C. The van der Waals surface area contributed by atoms with Crippen LogP contribution < -0.4 is 15.4 Å². The molecule has 0 aliphatic carbocycles. The van der Waals surface area contributed by atoms with Crippen molar-refractivity contribution in [3.63, 3.8) is 0 Å². The molecule has 0 atom stereocenters. The van der Waals surface area contributed by atoms with Gasteiger partial charge in [-0.1, -0.05) is 17.7 Å². The number of nitrogens with zero attached hydrogens (tertiary/aromatic N) is 4. The summed E-state index contributed by atoms with van der Waals surface area (Å²) in [6.45, 7) is 1.27. The first-order chi connectivity index (χ1) is 11.1. The van der Waals surface area contributed by atoms with Gasteiger partial charge >= 0.3 is 0 Å². The second-order valence-corrected chi connectivity index (χ2v) is 5.27. The Labute approximate surface area is 140 Å². The van der Waals surface area contributed by atoms with E-state index in [2.05, 4.69) is 25.7 Å². The Morgan fingerprint density at radius 3 is 2.83 bits per heavy atom. The number of hydrogen-bond acceptors (Lipinski definition) is 4. The van der Waals surface area contributed by atoms with Crippen LogP contribution in [0.5, 0.6) is 5.75 Å². The van der Waals surface area contributed by atoms with Gasteiger partial charge in [0.15, 0.2) is 5.96 Å². The molecule has 0 amide bonds. The Hall–Kier alpha value is -2.28. The standard InChI is InChI=1S/C15H21ClN6O/c1-17-15(19-9-14-20-10-21-22(14)2)18-7-6-11-4-5-12(23-3)8-13(11)16/h4-5,8,10H,6-7,9H2,1-3H3,(H2,17,18,19). The summed E-state index contributed by atoms with van der Waals surface area (Å²) < 4.78 is 6.86. The van der Waals surface area contributed by atoms with E-state index in [0.29, 0.717) is 24.1 Å². The summed E-state index contributed by atoms with van der Waals surface area (Å²) in [4.78, 5) is 8.34. The minimum atomic E-state index is 0.555. The highest BCUT2D eigenvalue weighted by Gasteiger charge is 2.05. The van der Waals surface area contributed by atoms with Gasteiger partial charge in [-0.05, 0) is 24.1 Å². The van der Waals surface area contributed by atoms with Gasteiger partial charge in [-0.3, -0.25) is 9.67 Å². The molecule has 1 aromatic heterocycles. The van der Waals surface area contributed by atoms with Crippen molar-refractivity contribution in [2.45, 2.75) is 13.0 Å². The largest absolute Gasteiger partial charge is 0.497 e. The van der Waals surface area contributed by atoms with Crippen LogP contribution in [0.2, 0.25) is 5.02 Å². The van der Waals surface area contributed by atoms with Crippen molar-refractivity contribution >= 4 is 17.6 Å². The zero-order chi connectivity index (χ0) is 16.7. The summed E-state index contributed by atoms with van der Waals surface area (Å²) >= 11 is 6.23. The molecule has 0 saturated carbocycles. The molecule has 2 rings (SSSR count). The number of nitrogens with one attached hydrogen (secondary N) is 2. The van der Waals surface area contributed by atoms with E-state index in [1.54, 1.807) is 18.8 Å². The number of aromatic nitrogens is 3. The van der Waals surface area contributed by atoms with E-state index in [9.17, 15) is 0 Å². The average molecular weight is 337 g/mol. The highest BCUT2D eigenvalue weighted by molar-refractivity contribution is 6.31. The summed E-state index contributed by atoms with van der Waals surface area (Å²) in [5.74, 6) is 2.30. The molecule has 2 aromatic rings. The molecule has 0 bridgehead atoms. The van der Waals surface area contributed by atoms with Crippen molar-refractivity contribution in [3.8, 4) is 5.75 Å². The molecule has 0 saturated heterocycles. The Morgan fingerprint density at radius 2 is 2.22 bits per heavy atom. The maximum Gasteiger partial charge on any atom is 0.191 e. The molecule has 0 radical (unpaired) electrons. The van der Waals surface area contributed by atoms with Crippen LogP contribution in [0.4, 0.5) is 0 Å². The second kappa shape index (κ2) is 8.38. The molecule has 1 aromatic carbocycles. The number of ether oxygens (including phenoxy) is 1. The highest BCUT2D eigenvalue weighted by atomic mass is 35.5. The van der Waals surface area contributed by atoms with Crippen LogP contribution in [0.25, 0.3) is 0 Å².